The molecule has 0 saturated heterocycles. The Balaban J connectivity index is 1.66. The molecule has 0 aliphatic heterocycles. The number of thioether (sulfide) groups is 1. The predicted molar refractivity (Wildman–Crippen MR) is 146 cm³/mol. The van der Waals surface area contributed by atoms with Crippen LogP contribution in [0.1, 0.15) is 40.3 Å². The van der Waals surface area contributed by atoms with Crippen molar-refractivity contribution in [3.8, 4) is 11.4 Å². The molecule has 1 unspecified atom stereocenters. The fourth-order valence-electron chi connectivity index (χ4n) is 3.60. The normalized spacial score (nSPS) is 11.8. The maximum absolute atomic E-state index is 12.9. The molecule has 1 amide bonds. The van der Waals surface area contributed by atoms with Gasteiger partial charge in [-0.1, -0.05) is 64.8 Å². The van der Waals surface area contributed by atoms with Crippen molar-refractivity contribution < 1.29 is 9.53 Å². The monoisotopic (exact) mass is 560 g/mol. The molecule has 0 aliphatic carbocycles. The Bertz CT molecular complexity index is 1410. The maximum atomic E-state index is 12.9. The fourth-order valence-corrected chi connectivity index (χ4v) is 4.96. The van der Waals surface area contributed by atoms with Crippen molar-refractivity contribution in [2.45, 2.75) is 30.8 Å². The highest BCUT2D eigenvalue weighted by molar-refractivity contribution is 7.98. The number of benzene rings is 3. The van der Waals surface area contributed by atoms with Crippen molar-refractivity contribution >= 4 is 52.5 Å². The third-order valence-corrected chi connectivity index (χ3v) is 7.46. The van der Waals surface area contributed by atoms with E-state index in [4.69, 9.17) is 39.5 Å². The van der Waals surface area contributed by atoms with Crippen LogP contribution in [-0.2, 0) is 5.75 Å². The van der Waals surface area contributed by atoms with Crippen LogP contribution in [0.4, 0.5) is 0 Å². The van der Waals surface area contributed by atoms with E-state index in [0.29, 0.717) is 37.4 Å². The number of nitrogens with one attached hydrogen (secondary N) is 1. The lowest BCUT2D eigenvalue weighted by molar-refractivity contribution is 0.0938. The molecule has 36 heavy (non-hydrogen) atoms. The number of halogens is 3. The van der Waals surface area contributed by atoms with Gasteiger partial charge in [0.05, 0.1) is 28.9 Å². The van der Waals surface area contributed by atoms with Crippen LogP contribution in [0.5, 0.6) is 5.75 Å². The highest BCUT2D eigenvalue weighted by atomic mass is 35.5. The van der Waals surface area contributed by atoms with E-state index in [1.54, 1.807) is 19.2 Å². The second-order valence-electron chi connectivity index (χ2n) is 8.07. The summed E-state index contributed by atoms with van der Waals surface area (Å²) in [5, 5.41) is 13.9. The van der Waals surface area contributed by atoms with E-state index in [2.05, 4.69) is 15.5 Å². The highest BCUT2D eigenvalue weighted by Gasteiger charge is 2.23. The average molecular weight is 562 g/mol. The summed E-state index contributed by atoms with van der Waals surface area (Å²) in [6.45, 7) is 3.84. The highest BCUT2D eigenvalue weighted by Crippen LogP contribution is 2.31. The van der Waals surface area contributed by atoms with Crippen LogP contribution >= 0.6 is 46.6 Å². The molecule has 0 spiro atoms. The Kier molecular flexibility index (Phi) is 8.46. The average Bonchev–Trinajstić information content (AvgIpc) is 3.29. The second-order valence-corrected chi connectivity index (χ2v) is 10.3. The van der Waals surface area contributed by atoms with Gasteiger partial charge in [0.15, 0.2) is 11.0 Å². The van der Waals surface area contributed by atoms with Crippen LogP contribution in [0.3, 0.4) is 0 Å². The molecule has 0 bridgehead atoms. The summed E-state index contributed by atoms with van der Waals surface area (Å²) in [4.78, 5) is 12.9. The van der Waals surface area contributed by atoms with Gasteiger partial charge in [0.2, 0.25) is 0 Å². The SMILES string of the molecule is COc1cccc(CSc2nnc(C(C)NC(=O)c3ccc(Cl)c(Cl)c3)n2-c2cc(Cl)ccc2C)c1. The van der Waals surface area contributed by atoms with Crippen LogP contribution in [0, 0.1) is 6.92 Å². The minimum atomic E-state index is -0.469. The number of carbonyl (C=O) groups excluding carboxylic acids is 1. The number of ether oxygens (including phenoxy) is 1. The molecular weight excluding hydrogens is 539 g/mol. The Hall–Kier alpha value is -2.71. The summed E-state index contributed by atoms with van der Waals surface area (Å²) in [6.07, 6.45) is 0. The van der Waals surface area contributed by atoms with Gasteiger partial charge in [0.1, 0.15) is 5.75 Å². The smallest absolute Gasteiger partial charge is 0.251 e. The van der Waals surface area contributed by atoms with Crippen molar-refractivity contribution in [3.05, 3.63) is 98.2 Å². The standard InChI is InChI=1S/C26H23Cl3N4O2S/c1-15-7-9-19(27)13-23(15)33-24(16(2)30-25(34)18-8-10-21(28)22(29)12-18)31-32-26(33)36-14-17-5-4-6-20(11-17)35-3/h4-13,16H,14H2,1-3H3,(H,30,34). The Morgan fingerprint density at radius 3 is 2.61 bits per heavy atom. The maximum Gasteiger partial charge on any atom is 0.251 e. The molecule has 186 valence electrons. The fraction of sp³-hybridized carbons (Fsp3) is 0.192. The first-order valence-electron chi connectivity index (χ1n) is 11.0. The Morgan fingerprint density at radius 2 is 1.86 bits per heavy atom. The molecule has 3 aromatic carbocycles. The lowest BCUT2D eigenvalue weighted by Gasteiger charge is -2.18. The molecule has 1 heterocycles. The van der Waals surface area contributed by atoms with Gasteiger partial charge < -0.3 is 10.1 Å². The topological polar surface area (TPSA) is 69.0 Å². The van der Waals surface area contributed by atoms with E-state index in [9.17, 15) is 4.79 Å². The Labute approximate surface area is 228 Å². The first-order valence-corrected chi connectivity index (χ1v) is 13.1. The number of carbonyl (C=O) groups is 1. The first kappa shape index (κ1) is 26.4. The van der Waals surface area contributed by atoms with Crippen molar-refractivity contribution in [2.24, 2.45) is 0 Å². The van der Waals surface area contributed by atoms with Gasteiger partial charge in [-0.2, -0.15) is 0 Å². The second kappa shape index (κ2) is 11.6. The summed E-state index contributed by atoms with van der Waals surface area (Å²) in [6, 6.07) is 17.8. The van der Waals surface area contributed by atoms with Gasteiger partial charge in [0, 0.05) is 16.3 Å². The molecule has 4 rings (SSSR count). The van der Waals surface area contributed by atoms with E-state index in [1.165, 1.54) is 17.8 Å². The van der Waals surface area contributed by atoms with Crippen LogP contribution in [0.15, 0.2) is 65.8 Å². The number of rotatable bonds is 8. The summed E-state index contributed by atoms with van der Waals surface area (Å²) in [5.41, 5.74) is 3.31. The van der Waals surface area contributed by atoms with Crippen LogP contribution in [0.2, 0.25) is 15.1 Å². The van der Waals surface area contributed by atoms with Crippen molar-refractivity contribution in [1.29, 1.82) is 0 Å². The summed E-state index contributed by atoms with van der Waals surface area (Å²) < 4.78 is 7.28. The zero-order chi connectivity index (χ0) is 25.8. The molecule has 1 atom stereocenters. The van der Waals surface area contributed by atoms with E-state index in [0.717, 1.165) is 22.6 Å². The van der Waals surface area contributed by atoms with Crippen LogP contribution < -0.4 is 10.1 Å². The van der Waals surface area contributed by atoms with E-state index >= 15 is 0 Å². The minimum Gasteiger partial charge on any atom is -0.497 e. The van der Waals surface area contributed by atoms with E-state index in [-0.39, 0.29) is 5.91 Å². The van der Waals surface area contributed by atoms with Crippen molar-refractivity contribution in [1.82, 2.24) is 20.1 Å². The molecule has 0 saturated carbocycles. The third-order valence-electron chi connectivity index (χ3n) is 5.49. The zero-order valence-electron chi connectivity index (χ0n) is 19.8. The van der Waals surface area contributed by atoms with Crippen LogP contribution in [0.25, 0.3) is 5.69 Å². The van der Waals surface area contributed by atoms with Gasteiger partial charge in [0.25, 0.3) is 5.91 Å². The number of hydrogen-bond acceptors (Lipinski definition) is 5. The molecule has 1 aromatic heterocycles. The van der Waals surface area contributed by atoms with Crippen molar-refractivity contribution in [3.63, 3.8) is 0 Å². The number of aromatic nitrogens is 3. The third kappa shape index (κ3) is 5.98. The molecule has 0 aliphatic rings. The molecule has 4 aromatic rings. The minimum absolute atomic E-state index is 0.302. The molecule has 0 radical (unpaired) electrons. The number of amides is 1. The summed E-state index contributed by atoms with van der Waals surface area (Å²) in [7, 11) is 1.64. The molecule has 6 nitrogen and oxygen atoms in total. The van der Waals surface area contributed by atoms with E-state index < -0.39 is 6.04 Å². The summed E-state index contributed by atoms with van der Waals surface area (Å²) in [5.74, 6) is 1.71. The number of hydrogen-bond donors (Lipinski definition) is 1. The van der Waals surface area contributed by atoms with Gasteiger partial charge in [-0.05, 0) is 67.4 Å². The van der Waals surface area contributed by atoms with Crippen LogP contribution in [-0.4, -0.2) is 27.8 Å². The lowest BCUT2D eigenvalue weighted by atomic mass is 10.1. The zero-order valence-corrected chi connectivity index (χ0v) is 22.8. The van der Waals surface area contributed by atoms with E-state index in [1.807, 2.05) is 60.9 Å². The quantitative estimate of drug-likeness (QED) is 0.228. The Morgan fingerprint density at radius 1 is 1.06 bits per heavy atom. The molecular formula is C26H23Cl3N4O2S. The number of methoxy groups -OCH3 is 1. The predicted octanol–water partition coefficient (Wildman–Crippen LogP) is 7.33. The van der Waals surface area contributed by atoms with Gasteiger partial charge in [-0.15, -0.1) is 10.2 Å². The van der Waals surface area contributed by atoms with Gasteiger partial charge in [-0.25, -0.2) is 0 Å². The lowest BCUT2D eigenvalue weighted by Crippen LogP contribution is -2.28. The number of aryl methyl sites for hydroxylation is 1. The largest absolute Gasteiger partial charge is 0.497 e. The number of nitrogens with zero attached hydrogens (tertiary/aromatic N) is 3. The molecule has 0 fully saturated rings. The molecule has 1 N–H and O–H groups in total. The first-order chi connectivity index (χ1) is 17.3. The summed E-state index contributed by atoms with van der Waals surface area (Å²) >= 11 is 20.0. The van der Waals surface area contributed by atoms with Gasteiger partial charge in [-0.3, -0.25) is 9.36 Å². The van der Waals surface area contributed by atoms with Gasteiger partial charge >= 0.3 is 0 Å². The van der Waals surface area contributed by atoms with Crippen molar-refractivity contribution in [2.75, 3.05) is 7.11 Å². The molecule has 10 heteroatoms.